The van der Waals surface area contributed by atoms with Crippen LogP contribution in [0.1, 0.15) is 108 Å². The zero-order chi connectivity index (χ0) is 29.6. The average Bonchev–Trinajstić information content (AvgIpc) is 2.94. The van der Waals surface area contributed by atoms with Crippen LogP contribution in [0.25, 0.3) is 0 Å². The molecule has 1 heterocycles. The number of hydrogen-bond acceptors (Lipinski definition) is 5. The van der Waals surface area contributed by atoms with Crippen LogP contribution in [0.3, 0.4) is 0 Å². The molecule has 2 aromatic rings. The Morgan fingerprint density at radius 3 is 2.10 bits per heavy atom. The smallest absolute Gasteiger partial charge is 0.404 e. The quantitative estimate of drug-likeness (QED) is 0.0709. The molecule has 0 aliphatic heterocycles. The molecule has 0 saturated carbocycles. The SMILES string of the molecule is CCCCCCCCCCCCCCCCOCC(COP(=O)(O)Oc1cccc(C[n+]2cccc(C)c2)c1)OC. The maximum absolute atomic E-state index is 12.6. The summed E-state index contributed by atoms with van der Waals surface area (Å²) in [5.74, 6) is 0.282. The maximum Gasteiger partial charge on any atom is 0.527 e. The number of unbranched alkanes of at least 4 members (excludes halogenated alkanes) is 13. The summed E-state index contributed by atoms with van der Waals surface area (Å²) in [7, 11) is -2.77. The number of methoxy groups -OCH3 is 1. The third-order valence-corrected chi connectivity index (χ3v) is 8.11. The summed E-state index contributed by atoms with van der Waals surface area (Å²) in [6, 6.07) is 11.2. The van der Waals surface area contributed by atoms with E-state index in [2.05, 4.69) is 6.92 Å². The van der Waals surface area contributed by atoms with Gasteiger partial charge in [-0.15, -0.1) is 0 Å². The highest BCUT2D eigenvalue weighted by molar-refractivity contribution is 7.47. The Bertz CT molecular complexity index is 988. The fourth-order valence-corrected chi connectivity index (χ4v) is 5.58. The zero-order valence-corrected chi connectivity index (χ0v) is 26.7. The molecule has 41 heavy (non-hydrogen) atoms. The van der Waals surface area contributed by atoms with E-state index in [1.807, 2.05) is 42.1 Å². The van der Waals surface area contributed by atoms with Gasteiger partial charge in [0.25, 0.3) is 0 Å². The van der Waals surface area contributed by atoms with E-state index in [-0.39, 0.29) is 12.4 Å². The first-order valence-corrected chi connectivity index (χ1v) is 17.2. The highest BCUT2D eigenvalue weighted by Crippen LogP contribution is 2.44. The lowest BCUT2D eigenvalue weighted by atomic mass is 10.0. The fourth-order valence-electron chi connectivity index (χ4n) is 4.80. The number of nitrogens with zero attached hydrogens (tertiary/aromatic N) is 1. The standard InChI is InChI=1S/C33H54NO6P/c1-4-5-6-7-8-9-10-11-12-13-14-15-16-17-24-38-28-33(37-3)29-39-41(35,36)40-32-22-18-21-31(25-32)27-34-23-19-20-30(2)26-34/h18-23,25-26,33H,4-17,24,27-29H2,1-3H3/p+1. The van der Waals surface area contributed by atoms with Gasteiger partial charge in [0.1, 0.15) is 11.9 Å². The molecule has 0 aliphatic rings. The summed E-state index contributed by atoms with van der Waals surface area (Å²) in [5.41, 5.74) is 2.11. The van der Waals surface area contributed by atoms with Crippen molar-refractivity contribution in [1.82, 2.24) is 0 Å². The molecule has 0 saturated heterocycles. The number of aryl methyl sites for hydroxylation is 1. The minimum absolute atomic E-state index is 0.0954. The van der Waals surface area contributed by atoms with Crippen molar-refractivity contribution < 1.29 is 32.5 Å². The molecule has 7 nitrogen and oxygen atoms in total. The van der Waals surface area contributed by atoms with E-state index >= 15 is 0 Å². The van der Waals surface area contributed by atoms with Crippen molar-refractivity contribution >= 4 is 7.82 Å². The van der Waals surface area contributed by atoms with E-state index in [4.69, 9.17) is 18.5 Å². The van der Waals surface area contributed by atoms with Gasteiger partial charge in [-0.05, 0) is 31.5 Å². The summed E-state index contributed by atoms with van der Waals surface area (Å²) >= 11 is 0. The van der Waals surface area contributed by atoms with Crippen molar-refractivity contribution in [2.75, 3.05) is 26.9 Å². The van der Waals surface area contributed by atoms with Crippen LogP contribution in [0.15, 0.2) is 48.8 Å². The van der Waals surface area contributed by atoms with Crippen molar-refractivity contribution in [2.45, 2.75) is 116 Å². The molecule has 1 aromatic heterocycles. The van der Waals surface area contributed by atoms with Gasteiger partial charge in [-0.25, -0.2) is 9.13 Å². The van der Waals surface area contributed by atoms with E-state index in [9.17, 15) is 9.46 Å². The van der Waals surface area contributed by atoms with E-state index in [1.165, 1.54) is 77.0 Å². The van der Waals surface area contributed by atoms with Gasteiger partial charge in [0.05, 0.1) is 13.2 Å². The molecule has 0 fully saturated rings. The second-order valence-corrected chi connectivity index (χ2v) is 12.5. The van der Waals surface area contributed by atoms with Crippen LogP contribution >= 0.6 is 7.82 Å². The molecule has 2 atom stereocenters. The number of hydrogen-bond donors (Lipinski definition) is 1. The molecule has 0 spiro atoms. The topological polar surface area (TPSA) is 78.1 Å². The number of aromatic nitrogens is 1. The van der Waals surface area contributed by atoms with Gasteiger partial charge >= 0.3 is 7.82 Å². The number of ether oxygens (including phenoxy) is 2. The van der Waals surface area contributed by atoms with E-state index in [0.717, 1.165) is 24.0 Å². The first-order chi connectivity index (χ1) is 19.9. The highest BCUT2D eigenvalue weighted by atomic mass is 31.2. The predicted octanol–water partition coefficient (Wildman–Crippen LogP) is 8.34. The summed E-state index contributed by atoms with van der Waals surface area (Å²) < 4.78 is 36.2. The Morgan fingerprint density at radius 2 is 1.49 bits per heavy atom. The molecule has 0 aliphatic carbocycles. The molecule has 0 bridgehead atoms. The fraction of sp³-hybridized carbons (Fsp3) is 0.667. The number of pyridine rings is 1. The van der Waals surface area contributed by atoms with Crippen LogP contribution < -0.4 is 9.09 Å². The largest absolute Gasteiger partial charge is 0.527 e. The van der Waals surface area contributed by atoms with Gasteiger partial charge in [-0.1, -0.05) is 103 Å². The maximum atomic E-state index is 12.6. The molecule has 1 N–H and O–H groups in total. The lowest BCUT2D eigenvalue weighted by Crippen LogP contribution is -2.33. The van der Waals surface area contributed by atoms with Gasteiger partial charge in [0.15, 0.2) is 18.9 Å². The van der Waals surface area contributed by atoms with Crippen LogP contribution in [0.5, 0.6) is 5.75 Å². The lowest BCUT2D eigenvalue weighted by molar-refractivity contribution is -0.688. The summed E-state index contributed by atoms with van der Waals surface area (Å²) in [6.07, 6.45) is 22.1. The van der Waals surface area contributed by atoms with Gasteiger partial charge in [-0.3, -0.25) is 9.42 Å². The van der Waals surface area contributed by atoms with Crippen molar-refractivity contribution in [3.8, 4) is 5.75 Å². The minimum Gasteiger partial charge on any atom is -0.404 e. The summed E-state index contributed by atoms with van der Waals surface area (Å²) in [6.45, 7) is 5.79. The molecule has 0 radical (unpaired) electrons. The van der Waals surface area contributed by atoms with Crippen molar-refractivity contribution in [1.29, 1.82) is 0 Å². The van der Waals surface area contributed by atoms with E-state index in [0.29, 0.717) is 19.8 Å². The molecular weight excluding hydrogens is 537 g/mol. The van der Waals surface area contributed by atoms with Crippen LogP contribution in [0.4, 0.5) is 0 Å². The number of rotatable bonds is 25. The van der Waals surface area contributed by atoms with Crippen molar-refractivity contribution in [2.24, 2.45) is 0 Å². The monoisotopic (exact) mass is 592 g/mol. The van der Waals surface area contributed by atoms with E-state index in [1.54, 1.807) is 25.3 Å². The van der Waals surface area contributed by atoms with Crippen LogP contribution in [0.2, 0.25) is 0 Å². The van der Waals surface area contributed by atoms with Crippen molar-refractivity contribution in [3.05, 3.63) is 59.9 Å². The molecule has 232 valence electrons. The third kappa shape index (κ3) is 17.7. The van der Waals surface area contributed by atoms with Crippen LogP contribution in [-0.2, 0) is 25.1 Å². The Balaban J connectivity index is 1.52. The van der Waals surface area contributed by atoms with Gasteiger partial charge in [-0.2, -0.15) is 0 Å². The van der Waals surface area contributed by atoms with E-state index < -0.39 is 13.9 Å². The van der Waals surface area contributed by atoms with Crippen LogP contribution in [0, 0.1) is 6.92 Å². The highest BCUT2D eigenvalue weighted by Gasteiger charge is 2.25. The lowest BCUT2D eigenvalue weighted by Gasteiger charge is -2.18. The Labute approximate surface area is 249 Å². The van der Waals surface area contributed by atoms with Gasteiger partial charge < -0.3 is 14.0 Å². The number of phosphoric acid groups is 1. The second kappa shape index (κ2) is 21.9. The summed E-state index contributed by atoms with van der Waals surface area (Å²) in [4.78, 5) is 10.3. The first-order valence-electron chi connectivity index (χ1n) is 15.7. The molecule has 8 heteroatoms. The van der Waals surface area contributed by atoms with Gasteiger partial charge in [0, 0.05) is 30.9 Å². The molecule has 2 rings (SSSR count). The predicted molar refractivity (Wildman–Crippen MR) is 165 cm³/mol. The molecule has 2 unspecified atom stereocenters. The molecule has 0 amide bonds. The Morgan fingerprint density at radius 1 is 0.854 bits per heavy atom. The first kappa shape index (κ1) is 35.4. The summed E-state index contributed by atoms with van der Waals surface area (Å²) in [5, 5.41) is 0. The van der Waals surface area contributed by atoms with Crippen molar-refractivity contribution in [3.63, 3.8) is 0 Å². The Kier molecular flexibility index (Phi) is 18.9. The third-order valence-electron chi connectivity index (χ3n) is 7.19. The normalized spacial score (nSPS) is 13.7. The Hall–Kier alpha value is -1.76. The molecule has 1 aromatic carbocycles. The minimum atomic E-state index is -4.31. The molecular formula is C33H55NO6P+. The zero-order valence-electron chi connectivity index (χ0n) is 25.8. The second-order valence-electron chi connectivity index (χ2n) is 11.1. The number of phosphoric ester groups is 1. The van der Waals surface area contributed by atoms with Crippen LogP contribution in [-0.4, -0.2) is 37.9 Å². The van der Waals surface area contributed by atoms with Gasteiger partial charge in [0.2, 0.25) is 0 Å². The number of benzene rings is 1. The average molecular weight is 593 g/mol.